The summed E-state index contributed by atoms with van der Waals surface area (Å²) < 4.78 is 0. The van der Waals surface area contributed by atoms with E-state index in [-0.39, 0.29) is 18.0 Å². The van der Waals surface area contributed by atoms with Gasteiger partial charge in [0.25, 0.3) is 5.91 Å². The van der Waals surface area contributed by atoms with Gasteiger partial charge in [0, 0.05) is 23.2 Å². The van der Waals surface area contributed by atoms with Crippen LogP contribution in [0.1, 0.15) is 38.1 Å². The molecule has 2 aromatic rings. The van der Waals surface area contributed by atoms with Crippen LogP contribution in [0, 0.1) is 0 Å². The van der Waals surface area contributed by atoms with Crippen LogP contribution in [-0.2, 0) is 0 Å². The van der Waals surface area contributed by atoms with Crippen molar-refractivity contribution in [3.63, 3.8) is 0 Å². The van der Waals surface area contributed by atoms with Crippen LogP contribution in [0.4, 0.5) is 5.82 Å². The first kappa shape index (κ1) is 15.9. The average Bonchev–Trinajstić information content (AvgIpc) is 2.46. The second-order valence-electron chi connectivity index (χ2n) is 5.77. The van der Waals surface area contributed by atoms with Crippen molar-refractivity contribution >= 4 is 11.7 Å². The van der Waals surface area contributed by atoms with Gasteiger partial charge in [-0.2, -0.15) is 0 Å². The van der Waals surface area contributed by atoms with Crippen LogP contribution < -0.4 is 5.73 Å². The van der Waals surface area contributed by atoms with Gasteiger partial charge in [-0.1, -0.05) is 18.2 Å². The average molecular weight is 298 g/mol. The van der Waals surface area contributed by atoms with Crippen molar-refractivity contribution in [2.24, 2.45) is 0 Å². The molecule has 0 bridgehead atoms. The van der Waals surface area contributed by atoms with Crippen molar-refractivity contribution in [3.05, 3.63) is 42.2 Å². The Morgan fingerprint density at radius 2 is 1.73 bits per heavy atom. The second-order valence-corrected chi connectivity index (χ2v) is 5.77. The lowest BCUT2D eigenvalue weighted by atomic mass is 10.0. The maximum absolute atomic E-state index is 13.0. The lowest BCUT2D eigenvalue weighted by molar-refractivity contribution is 0.0644. The van der Waals surface area contributed by atoms with E-state index in [4.69, 9.17) is 5.73 Å². The highest BCUT2D eigenvalue weighted by atomic mass is 16.2. The third kappa shape index (κ3) is 3.24. The Kier molecular flexibility index (Phi) is 4.75. The summed E-state index contributed by atoms with van der Waals surface area (Å²) in [5, 5.41) is 0. The van der Waals surface area contributed by atoms with E-state index in [0.29, 0.717) is 17.1 Å². The molecule has 0 saturated carbocycles. The predicted octanol–water partition coefficient (Wildman–Crippen LogP) is 2.98. The summed E-state index contributed by atoms with van der Waals surface area (Å²) in [6.07, 6.45) is 3.11. The third-order valence-corrected chi connectivity index (χ3v) is 3.43. The molecule has 0 unspecified atom stereocenters. The van der Waals surface area contributed by atoms with Gasteiger partial charge in [0.15, 0.2) is 0 Å². The number of amides is 1. The smallest absolute Gasteiger partial charge is 0.255 e. The van der Waals surface area contributed by atoms with E-state index in [1.165, 1.54) is 6.20 Å². The summed E-state index contributed by atoms with van der Waals surface area (Å²) in [7, 11) is 0. The van der Waals surface area contributed by atoms with Crippen molar-refractivity contribution in [1.29, 1.82) is 0 Å². The number of benzene rings is 1. The van der Waals surface area contributed by atoms with Gasteiger partial charge < -0.3 is 10.6 Å². The molecule has 5 heteroatoms. The number of carbonyl (C=O) groups excluding carboxylic acids is 1. The van der Waals surface area contributed by atoms with E-state index in [1.54, 1.807) is 6.20 Å². The van der Waals surface area contributed by atoms with Crippen LogP contribution in [0.2, 0.25) is 0 Å². The van der Waals surface area contributed by atoms with Crippen LogP contribution in [-0.4, -0.2) is 32.9 Å². The zero-order valence-electron chi connectivity index (χ0n) is 13.4. The molecule has 0 aliphatic rings. The van der Waals surface area contributed by atoms with Crippen LogP contribution in [0.5, 0.6) is 0 Å². The molecule has 0 spiro atoms. The van der Waals surface area contributed by atoms with Crippen LogP contribution in [0.3, 0.4) is 0 Å². The number of rotatable bonds is 4. The molecule has 2 N–H and O–H groups in total. The predicted molar refractivity (Wildman–Crippen MR) is 88.3 cm³/mol. The van der Waals surface area contributed by atoms with Gasteiger partial charge in [-0.05, 0) is 33.8 Å². The number of nitrogens with two attached hydrogens (primary N) is 1. The number of aromatic nitrogens is 2. The minimum atomic E-state index is -0.00942. The third-order valence-electron chi connectivity index (χ3n) is 3.43. The Morgan fingerprint density at radius 3 is 2.32 bits per heavy atom. The number of nitrogen functional groups attached to an aromatic ring is 1. The van der Waals surface area contributed by atoms with Gasteiger partial charge >= 0.3 is 0 Å². The molecule has 0 aliphatic carbocycles. The van der Waals surface area contributed by atoms with Crippen molar-refractivity contribution in [2.45, 2.75) is 39.8 Å². The standard InChI is InChI=1S/C17H22N4O/c1-11(2)21(12(3)4)17(22)14-8-6-5-7-13(14)15-9-19-10-16(18)20-15/h5-12H,1-4H3,(H2,18,20). The summed E-state index contributed by atoms with van der Waals surface area (Å²) in [6, 6.07) is 7.66. The largest absolute Gasteiger partial charge is 0.382 e. The van der Waals surface area contributed by atoms with Crippen LogP contribution >= 0.6 is 0 Å². The van der Waals surface area contributed by atoms with Gasteiger partial charge in [-0.15, -0.1) is 0 Å². The van der Waals surface area contributed by atoms with E-state index < -0.39 is 0 Å². The number of anilines is 1. The fourth-order valence-corrected chi connectivity index (χ4v) is 2.61. The Balaban J connectivity index is 2.51. The maximum Gasteiger partial charge on any atom is 0.255 e. The minimum Gasteiger partial charge on any atom is -0.382 e. The van der Waals surface area contributed by atoms with Crippen molar-refractivity contribution in [1.82, 2.24) is 14.9 Å². The van der Waals surface area contributed by atoms with E-state index in [2.05, 4.69) is 9.97 Å². The Labute approximate surface area is 131 Å². The number of nitrogens with zero attached hydrogens (tertiary/aromatic N) is 3. The Hall–Kier alpha value is -2.43. The molecule has 116 valence electrons. The molecule has 22 heavy (non-hydrogen) atoms. The first-order valence-electron chi connectivity index (χ1n) is 7.41. The maximum atomic E-state index is 13.0. The van der Waals surface area contributed by atoms with Gasteiger partial charge in [0.1, 0.15) is 5.82 Å². The molecule has 1 amide bonds. The molecular weight excluding hydrogens is 276 g/mol. The number of carbonyl (C=O) groups is 1. The summed E-state index contributed by atoms with van der Waals surface area (Å²) in [4.78, 5) is 23.2. The summed E-state index contributed by atoms with van der Waals surface area (Å²) in [5.74, 6) is 0.328. The number of hydrogen-bond donors (Lipinski definition) is 1. The highest BCUT2D eigenvalue weighted by Crippen LogP contribution is 2.24. The molecule has 0 radical (unpaired) electrons. The van der Waals surface area contributed by atoms with E-state index in [0.717, 1.165) is 5.56 Å². The summed E-state index contributed by atoms with van der Waals surface area (Å²) >= 11 is 0. The van der Waals surface area contributed by atoms with Crippen molar-refractivity contribution < 1.29 is 4.79 Å². The highest BCUT2D eigenvalue weighted by molar-refractivity contribution is 6.00. The first-order valence-corrected chi connectivity index (χ1v) is 7.41. The van der Waals surface area contributed by atoms with Gasteiger partial charge in [-0.25, -0.2) is 4.98 Å². The molecule has 0 fully saturated rings. The lowest BCUT2D eigenvalue weighted by Gasteiger charge is -2.31. The van der Waals surface area contributed by atoms with E-state index in [9.17, 15) is 4.79 Å². The van der Waals surface area contributed by atoms with Gasteiger partial charge in [0.2, 0.25) is 0 Å². The fraction of sp³-hybridized carbons (Fsp3) is 0.353. The molecule has 2 rings (SSSR count). The molecule has 0 aliphatic heterocycles. The van der Waals surface area contributed by atoms with Gasteiger partial charge in [0.05, 0.1) is 18.1 Å². The summed E-state index contributed by atoms with van der Waals surface area (Å²) in [6.45, 7) is 8.06. The van der Waals surface area contributed by atoms with Crippen LogP contribution in [0.25, 0.3) is 11.3 Å². The Bertz CT molecular complexity index is 659. The van der Waals surface area contributed by atoms with Gasteiger partial charge in [-0.3, -0.25) is 9.78 Å². The molecule has 1 aromatic heterocycles. The van der Waals surface area contributed by atoms with E-state index >= 15 is 0 Å². The molecular formula is C17H22N4O. The zero-order chi connectivity index (χ0) is 16.3. The van der Waals surface area contributed by atoms with Crippen LogP contribution in [0.15, 0.2) is 36.7 Å². The first-order chi connectivity index (χ1) is 10.4. The van der Waals surface area contributed by atoms with Crippen molar-refractivity contribution in [3.8, 4) is 11.3 Å². The normalized spacial score (nSPS) is 11.0. The van der Waals surface area contributed by atoms with Crippen molar-refractivity contribution in [2.75, 3.05) is 5.73 Å². The lowest BCUT2D eigenvalue weighted by Crippen LogP contribution is -2.42. The molecule has 1 heterocycles. The minimum absolute atomic E-state index is 0.00942. The number of hydrogen-bond acceptors (Lipinski definition) is 4. The highest BCUT2D eigenvalue weighted by Gasteiger charge is 2.24. The SMILES string of the molecule is CC(C)N(C(=O)c1ccccc1-c1cncc(N)n1)C(C)C. The fourth-order valence-electron chi connectivity index (χ4n) is 2.61. The summed E-state index contributed by atoms with van der Waals surface area (Å²) in [5.41, 5.74) is 7.68. The molecule has 0 atom stereocenters. The zero-order valence-corrected chi connectivity index (χ0v) is 13.4. The monoisotopic (exact) mass is 298 g/mol. The topological polar surface area (TPSA) is 72.1 Å². The second kappa shape index (κ2) is 6.56. The Morgan fingerprint density at radius 1 is 1.09 bits per heavy atom. The molecule has 0 saturated heterocycles. The van der Waals surface area contributed by atoms with E-state index in [1.807, 2.05) is 56.9 Å². The quantitative estimate of drug-likeness (QED) is 0.942. The molecule has 1 aromatic carbocycles. The molecule has 5 nitrogen and oxygen atoms in total.